The smallest absolute Gasteiger partial charge is 0.294 e. The quantitative estimate of drug-likeness (QED) is 0.232. The molecule has 1 N–H and O–H groups in total. The summed E-state index contributed by atoms with van der Waals surface area (Å²) in [6, 6.07) is 15.2. The first kappa shape index (κ1) is 29.3. The Kier molecular flexibility index (Phi) is 9.85. The van der Waals surface area contributed by atoms with E-state index in [4.69, 9.17) is 44.3 Å². The van der Waals surface area contributed by atoms with E-state index in [2.05, 4.69) is 21.2 Å². The van der Waals surface area contributed by atoms with Crippen LogP contribution in [0.5, 0.6) is 11.5 Å². The largest absolute Gasteiger partial charge is 0.490 e. The fourth-order valence-electron chi connectivity index (χ4n) is 3.56. The number of halogens is 4. The van der Waals surface area contributed by atoms with Crippen molar-refractivity contribution in [2.45, 2.75) is 13.5 Å². The van der Waals surface area contributed by atoms with Crippen molar-refractivity contribution in [1.29, 1.82) is 0 Å². The molecule has 0 radical (unpaired) electrons. The van der Waals surface area contributed by atoms with E-state index in [-0.39, 0.29) is 11.5 Å². The highest BCUT2D eigenvalue weighted by atomic mass is 79.9. The van der Waals surface area contributed by atoms with Gasteiger partial charge in [0.25, 0.3) is 11.1 Å². The molecule has 7 nitrogen and oxygen atoms in total. The van der Waals surface area contributed by atoms with Gasteiger partial charge in [-0.15, -0.1) is 0 Å². The monoisotopic (exact) mass is 668 g/mol. The summed E-state index contributed by atoms with van der Waals surface area (Å²) in [5.74, 6) is -0.185. The maximum absolute atomic E-state index is 13.0. The normalized spacial score (nSPS) is 14.2. The number of ether oxygens (including phenoxy) is 2. The van der Waals surface area contributed by atoms with Crippen LogP contribution in [0.25, 0.3) is 6.08 Å². The van der Waals surface area contributed by atoms with E-state index in [1.54, 1.807) is 54.6 Å². The SMILES string of the molecule is CCOc1cc(/C=C2/SC(=O)N(CC(=O)Nc3cccc(Cl)c3)C2=O)cc(Br)c1OCc1ccc(Cl)c(Cl)c1. The Hall–Kier alpha value is -2.69. The van der Waals surface area contributed by atoms with Crippen LogP contribution < -0.4 is 14.8 Å². The van der Waals surface area contributed by atoms with Gasteiger partial charge in [0, 0.05) is 10.7 Å². The van der Waals surface area contributed by atoms with Crippen LogP contribution in [0.2, 0.25) is 15.1 Å². The predicted molar refractivity (Wildman–Crippen MR) is 159 cm³/mol. The Labute approximate surface area is 252 Å². The molecule has 1 saturated heterocycles. The molecule has 1 aliphatic rings. The molecule has 12 heteroatoms. The molecule has 0 bridgehead atoms. The molecule has 0 aromatic heterocycles. The van der Waals surface area contributed by atoms with Gasteiger partial charge < -0.3 is 14.8 Å². The molecule has 3 amide bonds. The number of benzene rings is 3. The molecule has 39 heavy (non-hydrogen) atoms. The topological polar surface area (TPSA) is 84.9 Å². The second kappa shape index (κ2) is 13.1. The lowest BCUT2D eigenvalue weighted by Crippen LogP contribution is -2.36. The second-order valence-corrected chi connectivity index (χ2v) is 11.2. The van der Waals surface area contributed by atoms with Gasteiger partial charge in [-0.3, -0.25) is 19.3 Å². The lowest BCUT2D eigenvalue weighted by molar-refractivity contribution is -0.127. The average Bonchev–Trinajstić information content (AvgIpc) is 3.13. The van der Waals surface area contributed by atoms with Crippen molar-refractivity contribution >= 4 is 91.3 Å². The first-order chi connectivity index (χ1) is 18.6. The number of thioether (sulfide) groups is 1. The van der Waals surface area contributed by atoms with Crippen LogP contribution in [-0.2, 0) is 16.2 Å². The number of amides is 3. The molecule has 0 saturated carbocycles. The number of anilines is 1. The van der Waals surface area contributed by atoms with Crippen LogP contribution in [0.15, 0.2) is 64.0 Å². The summed E-state index contributed by atoms with van der Waals surface area (Å²) in [4.78, 5) is 39.0. The molecule has 3 aromatic carbocycles. The van der Waals surface area contributed by atoms with Crippen molar-refractivity contribution in [1.82, 2.24) is 4.90 Å². The first-order valence-electron chi connectivity index (χ1n) is 11.5. The number of imide groups is 1. The Morgan fingerprint density at radius 1 is 1.05 bits per heavy atom. The summed E-state index contributed by atoms with van der Waals surface area (Å²) in [5.41, 5.74) is 1.88. The van der Waals surface area contributed by atoms with E-state index in [0.717, 1.165) is 22.2 Å². The molecule has 4 rings (SSSR count). The van der Waals surface area contributed by atoms with Gasteiger partial charge in [0.1, 0.15) is 13.2 Å². The van der Waals surface area contributed by atoms with Gasteiger partial charge in [-0.25, -0.2) is 0 Å². The van der Waals surface area contributed by atoms with Gasteiger partial charge in [-0.05, 0) is 94.3 Å². The lowest BCUT2D eigenvalue weighted by atomic mass is 10.1. The lowest BCUT2D eigenvalue weighted by Gasteiger charge is -2.15. The third-order valence-electron chi connectivity index (χ3n) is 5.28. The van der Waals surface area contributed by atoms with Crippen LogP contribution in [0, 0.1) is 0 Å². The molecule has 3 aromatic rings. The minimum absolute atomic E-state index is 0.175. The van der Waals surface area contributed by atoms with Gasteiger partial charge >= 0.3 is 0 Å². The fraction of sp³-hybridized carbons (Fsp3) is 0.148. The highest BCUT2D eigenvalue weighted by molar-refractivity contribution is 9.10. The zero-order valence-electron chi connectivity index (χ0n) is 20.3. The Morgan fingerprint density at radius 3 is 2.56 bits per heavy atom. The zero-order chi connectivity index (χ0) is 28.1. The minimum atomic E-state index is -0.569. The van der Waals surface area contributed by atoms with E-state index in [1.165, 1.54) is 0 Å². The fourth-order valence-corrected chi connectivity index (χ4v) is 5.48. The van der Waals surface area contributed by atoms with Gasteiger partial charge in [0.15, 0.2) is 11.5 Å². The van der Waals surface area contributed by atoms with Crippen molar-refractivity contribution in [2.24, 2.45) is 0 Å². The second-order valence-electron chi connectivity index (χ2n) is 8.13. The van der Waals surface area contributed by atoms with E-state index in [1.807, 2.05) is 13.0 Å². The van der Waals surface area contributed by atoms with Gasteiger partial charge in [-0.1, -0.05) is 46.9 Å². The van der Waals surface area contributed by atoms with E-state index >= 15 is 0 Å². The number of rotatable bonds is 9. The summed E-state index contributed by atoms with van der Waals surface area (Å²) in [6.45, 7) is 2.00. The minimum Gasteiger partial charge on any atom is -0.490 e. The molecule has 0 spiro atoms. The summed E-state index contributed by atoms with van der Waals surface area (Å²) < 4.78 is 12.4. The van der Waals surface area contributed by atoms with Crippen LogP contribution >= 0.6 is 62.5 Å². The number of hydrogen-bond acceptors (Lipinski definition) is 6. The van der Waals surface area contributed by atoms with Crippen molar-refractivity contribution in [2.75, 3.05) is 18.5 Å². The Bertz CT molecular complexity index is 1480. The molecule has 1 fully saturated rings. The van der Waals surface area contributed by atoms with Crippen molar-refractivity contribution in [3.05, 3.63) is 90.2 Å². The Balaban J connectivity index is 1.49. The third kappa shape index (κ3) is 7.49. The standard InChI is InChI=1S/C27H20BrCl3N2O5S/c1-2-37-22-10-16(8-19(28)25(22)38-14-15-6-7-20(30)21(31)9-15)11-23-26(35)33(27(36)39-23)13-24(34)32-18-5-3-4-17(29)12-18/h3-12H,2,13-14H2,1H3,(H,32,34)/b23-11+. The number of nitrogens with zero attached hydrogens (tertiary/aromatic N) is 1. The summed E-state index contributed by atoms with van der Waals surface area (Å²) in [5, 5.41) is 3.41. The van der Waals surface area contributed by atoms with Gasteiger partial charge in [0.05, 0.1) is 26.0 Å². The summed E-state index contributed by atoms with van der Waals surface area (Å²) in [7, 11) is 0. The maximum atomic E-state index is 13.0. The summed E-state index contributed by atoms with van der Waals surface area (Å²) in [6.07, 6.45) is 1.57. The van der Waals surface area contributed by atoms with Crippen molar-refractivity contribution in [3.8, 4) is 11.5 Å². The molecule has 0 atom stereocenters. The molecular formula is C27H20BrCl3N2O5S. The molecule has 0 aliphatic carbocycles. The van der Waals surface area contributed by atoms with Gasteiger partial charge in [0.2, 0.25) is 5.91 Å². The molecule has 1 aliphatic heterocycles. The van der Waals surface area contributed by atoms with Crippen LogP contribution in [-0.4, -0.2) is 35.1 Å². The molecule has 202 valence electrons. The van der Waals surface area contributed by atoms with Crippen LogP contribution in [0.3, 0.4) is 0 Å². The first-order valence-corrected chi connectivity index (χ1v) is 14.2. The molecule has 1 heterocycles. The Morgan fingerprint density at radius 2 is 1.85 bits per heavy atom. The average molecular weight is 671 g/mol. The molecule has 0 unspecified atom stereocenters. The zero-order valence-corrected chi connectivity index (χ0v) is 25.0. The number of hydrogen-bond donors (Lipinski definition) is 1. The highest BCUT2D eigenvalue weighted by Crippen LogP contribution is 2.40. The van der Waals surface area contributed by atoms with Crippen molar-refractivity contribution in [3.63, 3.8) is 0 Å². The van der Waals surface area contributed by atoms with Crippen LogP contribution in [0.4, 0.5) is 10.5 Å². The maximum Gasteiger partial charge on any atom is 0.294 e. The van der Waals surface area contributed by atoms with E-state index in [0.29, 0.717) is 48.9 Å². The summed E-state index contributed by atoms with van der Waals surface area (Å²) >= 11 is 22.3. The third-order valence-corrected chi connectivity index (χ3v) is 7.75. The number of nitrogens with one attached hydrogen (secondary N) is 1. The van der Waals surface area contributed by atoms with Gasteiger partial charge in [-0.2, -0.15) is 0 Å². The number of carbonyl (C=O) groups is 3. The molecular weight excluding hydrogens is 651 g/mol. The predicted octanol–water partition coefficient (Wildman–Crippen LogP) is 8.06. The van der Waals surface area contributed by atoms with E-state index < -0.39 is 23.6 Å². The van der Waals surface area contributed by atoms with Crippen molar-refractivity contribution < 1.29 is 23.9 Å². The van der Waals surface area contributed by atoms with E-state index in [9.17, 15) is 14.4 Å². The van der Waals surface area contributed by atoms with Crippen LogP contribution in [0.1, 0.15) is 18.1 Å². The number of carbonyl (C=O) groups excluding carboxylic acids is 3. The highest BCUT2D eigenvalue weighted by Gasteiger charge is 2.36.